The number of aliphatic hydroxyl groups excluding tert-OH is 1. The van der Waals surface area contributed by atoms with E-state index >= 15 is 0 Å². The van der Waals surface area contributed by atoms with Crippen molar-refractivity contribution < 1.29 is 18.7 Å². The summed E-state index contributed by atoms with van der Waals surface area (Å²) in [5, 5.41) is 9.04. The molecule has 1 saturated heterocycles. The number of rotatable bonds is 6. The predicted octanol–water partition coefficient (Wildman–Crippen LogP) is 3.20. The monoisotopic (exact) mass is 319 g/mol. The van der Waals surface area contributed by atoms with E-state index in [1.54, 1.807) is 24.3 Å². The summed E-state index contributed by atoms with van der Waals surface area (Å²) in [6.07, 6.45) is 2.18. The van der Waals surface area contributed by atoms with Gasteiger partial charge < -0.3 is 14.3 Å². The summed E-state index contributed by atoms with van der Waals surface area (Å²) in [5.74, 6) is 1.85. The van der Waals surface area contributed by atoms with Gasteiger partial charge in [0.05, 0.1) is 13.2 Å². The van der Waals surface area contributed by atoms with Crippen molar-refractivity contribution in [1.29, 1.82) is 0 Å². The zero-order valence-electron chi connectivity index (χ0n) is 13.1. The molecule has 0 radical (unpaired) electrons. The Bertz CT molecular complexity index is 628. The fraction of sp³-hybridized carbons (Fsp3) is 0.444. The van der Waals surface area contributed by atoms with Gasteiger partial charge in [0.2, 0.25) is 0 Å². The second kappa shape index (κ2) is 7.62. The van der Waals surface area contributed by atoms with Crippen LogP contribution in [0.4, 0.5) is 4.39 Å². The summed E-state index contributed by atoms with van der Waals surface area (Å²) in [7, 11) is 0. The molecule has 2 aromatic rings. The summed E-state index contributed by atoms with van der Waals surface area (Å²) in [6.45, 7) is 3.11. The van der Waals surface area contributed by atoms with Crippen LogP contribution >= 0.6 is 0 Å². The summed E-state index contributed by atoms with van der Waals surface area (Å²) in [6, 6.07) is 10.2. The fourth-order valence-corrected chi connectivity index (χ4v) is 3.01. The van der Waals surface area contributed by atoms with Crippen LogP contribution in [0.5, 0.6) is 5.75 Å². The molecule has 0 amide bonds. The van der Waals surface area contributed by atoms with E-state index in [9.17, 15) is 4.39 Å². The van der Waals surface area contributed by atoms with Crippen molar-refractivity contribution in [2.24, 2.45) is 5.92 Å². The Morgan fingerprint density at radius 1 is 1.22 bits per heavy atom. The number of ether oxygens (including phenoxy) is 1. The summed E-state index contributed by atoms with van der Waals surface area (Å²) in [4.78, 5) is 2.32. The maximum Gasteiger partial charge on any atom is 0.165 e. The molecular weight excluding hydrogens is 297 g/mol. The van der Waals surface area contributed by atoms with E-state index in [0.717, 1.165) is 38.2 Å². The van der Waals surface area contributed by atoms with Crippen LogP contribution in [-0.4, -0.2) is 29.7 Å². The Labute approximate surface area is 135 Å². The molecule has 1 unspecified atom stereocenters. The lowest BCUT2D eigenvalue weighted by molar-refractivity contribution is 0.116. The highest BCUT2D eigenvalue weighted by molar-refractivity contribution is 5.23. The Kier molecular flexibility index (Phi) is 5.31. The molecule has 1 atom stereocenters. The van der Waals surface area contributed by atoms with Gasteiger partial charge in [-0.3, -0.25) is 4.90 Å². The molecule has 1 aliphatic heterocycles. The van der Waals surface area contributed by atoms with Crippen LogP contribution in [0.2, 0.25) is 0 Å². The highest BCUT2D eigenvalue weighted by Gasteiger charge is 2.21. The molecule has 5 heteroatoms. The number of piperidine rings is 1. The topological polar surface area (TPSA) is 45.8 Å². The normalized spacial score (nSPS) is 19.0. The van der Waals surface area contributed by atoms with E-state index in [0.29, 0.717) is 24.0 Å². The van der Waals surface area contributed by atoms with Crippen molar-refractivity contribution in [3.63, 3.8) is 0 Å². The SMILES string of the molecule is OCc1ccc(CN2CCCC(COc3ccccc3F)C2)o1. The minimum atomic E-state index is -0.313. The lowest BCUT2D eigenvalue weighted by atomic mass is 9.99. The molecule has 0 saturated carbocycles. The standard InChI is InChI=1S/C18H22FNO3/c19-17-5-1-2-6-18(17)22-13-14-4-3-9-20(10-14)11-15-7-8-16(12-21)23-15/h1-2,5-8,14,21H,3-4,9-13H2. The van der Waals surface area contributed by atoms with Gasteiger partial charge in [0.15, 0.2) is 11.6 Å². The third-order valence-electron chi connectivity index (χ3n) is 4.17. The first-order chi connectivity index (χ1) is 11.2. The minimum Gasteiger partial charge on any atom is -0.490 e. The van der Waals surface area contributed by atoms with Gasteiger partial charge >= 0.3 is 0 Å². The molecule has 0 bridgehead atoms. The van der Waals surface area contributed by atoms with Crippen LogP contribution < -0.4 is 4.74 Å². The largest absolute Gasteiger partial charge is 0.490 e. The van der Waals surface area contributed by atoms with Gasteiger partial charge in [-0.05, 0) is 43.7 Å². The van der Waals surface area contributed by atoms with Crippen LogP contribution in [0.3, 0.4) is 0 Å². The molecule has 1 N–H and O–H groups in total. The van der Waals surface area contributed by atoms with Gasteiger partial charge in [-0.2, -0.15) is 0 Å². The second-order valence-electron chi connectivity index (χ2n) is 6.01. The lowest BCUT2D eigenvalue weighted by Gasteiger charge is -2.32. The highest BCUT2D eigenvalue weighted by Crippen LogP contribution is 2.22. The predicted molar refractivity (Wildman–Crippen MR) is 84.5 cm³/mol. The van der Waals surface area contributed by atoms with Gasteiger partial charge in [0.1, 0.15) is 18.1 Å². The van der Waals surface area contributed by atoms with Crippen molar-refractivity contribution in [2.45, 2.75) is 26.0 Å². The molecule has 1 aliphatic rings. The maximum absolute atomic E-state index is 13.6. The van der Waals surface area contributed by atoms with Crippen molar-refractivity contribution in [2.75, 3.05) is 19.7 Å². The number of hydrogen-bond donors (Lipinski definition) is 1. The van der Waals surface area contributed by atoms with E-state index in [1.165, 1.54) is 6.07 Å². The Morgan fingerprint density at radius 2 is 2.04 bits per heavy atom. The first kappa shape index (κ1) is 16.0. The van der Waals surface area contributed by atoms with Gasteiger partial charge in [-0.1, -0.05) is 12.1 Å². The number of likely N-dealkylation sites (tertiary alicyclic amines) is 1. The zero-order chi connectivity index (χ0) is 16.1. The third kappa shape index (κ3) is 4.33. The number of hydrogen-bond acceptors (Lipinski definition) is 4. The molecule has 23 heavy (non-hydrogen) atoms. The average Bonchev–Trinajstić information content (AvgIpc) is 3.02. The number of nitrogens with zero attached hydrogens (tertiary/aromatic N) is 1. The van der Waals surface area contributed by atoms with Crippen LogP contribution in [0, 0.1) is 11.7 Å². The van der Waals surface area contributed by atoms with Gasteiger partial charge in [0, 0.05) is 12.5 Å². The summed E-state index contributed by atoms with van der Waals surface area (Å²) in [5.41, 5.74) is 0. The van der Waals surface area contributed by atoms with Crippen molar-refractivity contribution in [3.8, 4) is 5.75 Å². The van der Waals surface area contributed by atoms with Crippen LogP contribution in [0.25, 0.3) is 0 Å². The number of aliphatic hydroxyl groups is 1. The molecule has 4 nitrogen and oxygen atoms in total. The number of benzene rings is 1. The van der Waals surface area contributed by atoms with Gasteiger partial charge in [-0.25, -0.2) is 4.39 Å². The molecule has 3 rings (SSSR count). The number of halogens is 1. The second-order valence-corrected chi connectivity index (χ2v) is 6.01. The van der Waals surface area contributed by atoms with Crippen molar-refractivity contribution >= 4 is 0 Å². The Hall–Kier alpha value is -1.85. The summed E-state index contributed by atoms with van der Waals surface area (Å²) >= 11 is 0. The van der Waals surface area contributed by atoms with E-state index < -0.39 is 0 Å². The first-order valence-corrected chi connectivity index (χ1v) is 8.02. The molecule has 2 heterocycles. The van der Waals surface area contributed by atoms with Gasteiger partial charge in [0.25, 0.3) is 0 Å². The Balaban J connectivity index is 1.51. The molecule has 124 valence electrons. The highest BCUT2D eigenvalue weighted by atomic mass is 19.1. The molecule has 1 fully saturated rings. The quantitative estimate of drug-likeness (QED) is 0.888. The van der Waals surface area contributed by atoms with Crippen molar-refractivity contribution in [3.05, 3.63) is 53.7 Å². The Morgan fingerprint density at radius 3 is 2.83 bits per heavy atom. The molecular formula is C18H22FNO3. The van der Waals surface area contributed by atoms with Gasteiger partial charge in [-0.15, -0.1) is 0 Å². The average molecular weight is 319 g/mol. The minimum absolute atomic E-state index is 0.0703. The lowest BCUT2D eigenvalue weighted by Crippen LogP contribution is -2.37. The van der Waals surface area contributed by atoms with E-state index in [4.69, 9.17) is 14.3 Å². The van der Waals surface area contributed by atoms with E-state index in [1.807, 2.05) is 6.07 Å². The van der Waals surface area contributed by atoms with Crippen LogP contribution in [-0.2, 0) is 13.2 Å². The first-order valence-electron chi connectivity index (χ1n) is 8.02. The number of para-hydroxylation sites is 1. The fourth-order valence-electron chi connectivity index (χ4n) is 3.01. The van der Waals surface area contributed by atoms with Crippen molar-refractivity contribution in [1.82, 2.24) is 4.90 Å². The molecule has 1 aromatic carbocycles. The molecule has 0 spiro atoms. The number of furan rings is 1. The summed E-state index contributed by atoms with van der Waals surface area (Å²) < 4.78 is 24.8. The third-order valence-corrected chi connectivity index (χ3v) is 4.17. The van der Waals surface area contributed by atoms with E-state index in [-0.39, 0.29) is 12.4 Å². The van der Waals surface area contributed by atoms with E-state index in [2.05, 4.69) is 4.90 Å². The molecule has 1 aromatic heterocycles. The van der Waals surface area contributed by atoms with Crippen LogP contribution in [0.1, 0.15) is 24.4 Å². The zero-order valence-corrected chi connectivity index (χ0v) is 13.1. The molecule has 0 aliphatic carbocycles. The smallest absolute Gasteiger partial charge is 0.165 e. The maximum atomic E-state index is 13.6. The van der Waals surface area contributed by atoms with Crippen LogP contribution in [0.15, 0.2) is 40.8 Å².